The Labute approximate surface area is 123 Å². The predicted molar refractivity (Wildman–Crippen MR) is 76.7 cm³/mol. The molecule has 1 aromatic rings. The SMILES string of the molecule is N#Cc1ccc(Cl)c(S(=O)(=O)NC2(CN)CCCC2)c1. The van der Waals surface area contributed by atoms with Gasteiger partial charge in [0.05, 0.1) is 16.7 Å². The number of nitrogens with zero attached hydrogens (tertiary/aromatic N) is 1. The third-order valence-electron chi connectivity index (χ3n) is 3.65. The number of nitriles is 1. The summed E-state index contributed by atoms with van der Waals surface area (Å²) in [5.41, 5.74) is 5.40. The molecule has 1 aliphatic rings. The smallest absolute Gasteiger partial charge is 0.242 e. The number of benzene rings is 1. The zero-order valence-electron chi connectivity index (χ0n) is 10.9. The van der Waals surface area contributed by atoms with Crippen LogP contribution in [0.4, 0.5) is 0 Å². The van der Waals surface area contributed by atoms with Crippen LogP contribution in [0, 0.1) is 11.3 Å². The Balaban J connectivity index is 2.38. The minimum atomic E-state index is -3.79. The van der Waals surface area contributed by atoms with E-state index in [4.69, 9.17) is 22.6 Å². The lowest BCUT2D eigenvalue weighted by atomic mass is 10.0. The molecule has 1 fully saturated rings. The van der Waals surface area contributed by atoms with Crippen LogP contribution in [0.2, 0.25) is 5.02 Å². The van der Waals surface area contributed by atoms with Crippen molar-refractivity contribution in [3.63, 3.8) is 0 Å². The average Bonchev–Trinajstić information content (AvgIpc) is 2.87. The lowest BCUT2D eigenvalue weighted by Gasteiger charge is -2.28. The Morgan fingerprint density at radius 3 is 2.60 bits per heavy atom. The molecule has 0 spiro atoms. The molecule has 20 heavy (non-hydrogen) atoms. The summed E-state index contributed by atoms with van der Waals surface area (Å²) in [4.78, 5) is -0.0714. The van der Waals surface area contributed by atoms with E-state index < -0.39 is 15.6 Å². The lowest BCUT2D eigenvalue weighted by Crippen LogP contribution is -2.51. The number of rotatable bonds is 4. The third kappa shape index (κ3) is 2.96. The number of nitrogens with one attached hydrogen (secondary N) is 1. The monoisotopic (exact) mass is 313 g/mol. The normalized spacial score (nSPS) is 17.9. The van der Waals surface area contributed by atoms with Gasteiger partial charge in [-0.1, -0.05) is 24.4 Å². The highest BCUT2D eigenvalue weighted by Crippen LogP contribution is 2.31. The number of nitrogens with two attached hydrogens (primary N) is 1. The molecular weight excluding hydrogens is 298 g/mol. The van der Waals surface area contributed by atoms with Gasteiger partial charge in [-0.05, 0) is 31.0 Å². The van der Waals surface area contributed by atoms with E-state index in [0.717, 1.165) is 25.7 Å². The molecule has 3 N–H and O–H groups in total. The van der Waals surface area contributed by atoms with Crippen LogP contribution in [0.3, 0.4) is 0 Å². The maximum atomic E-state index is 12.5. The van der Waals surface area contributed by atoms with E-state index in [-0.39, 0.29) is 22.0 Å². The van der Waals surface area contributed by atoms with Crippen molar-refractivity contribution in [2.45, 2.75) is 36.1 Å². The highest BCUT2D eigenvalue weighted by molar-refractivity contribution is 7.89. The predicted octanol–water partition coefficient (Wildman–Crippen LogP) is 1.76. The highest BCUT2D eigenvalue weighted by atomic mass is 35.5. The molecule has 0 saturated heterocycles. The molecule has 0 radical (unpaired) electrons. The molecule has 0 aliphatic heterocycles. The standard InChI is InChI=1S/C13H16ClN3O2S/c14-11-4-3-10(8-15)7-12(11)20(18,19)17-13(9-16)5-1-2-6-13/h3-4,7,17H,1-2,5-6,9,16H2. The summed E-state index contributed by atoms with van der Waals surface area (Å²) in [5, 5.41) is 8.97. The fourth-order valence-corrected chi connectivity index (χ4v) is 4.52. The summed E-state index contributed by atoms with van der Waals surface area (Å²) >= 11 is 5.95. The molecule has 0 heterocycles. The maximum absolute atomic E-state index is 12.5. The molecule has 0 bridgehead atoms. The van der Waals surface area contributed by atoms with Crippen molar-refractivity contribution in [3.8, 4) is 6.07 Å². The van der Waals surface area contributed by atoms with Gasteiger partial charge in [-0.15, -0.1) is 0 Å². The van der Waals surface area contributed by atoms with Crippen molar-refractivity contribution in [1.82, 2.24) is 4.72 Å². The fraction of sp³-hybridized carbons (Fsp3) is 0.462. The maximum Gasteiger partial charge on any atom is 0.242 e. The van der Waals surface area contributed by atoms with Gasteiger partial charge in [-0.2, -0.15) is 5.26 Å². The van der Waals surface area contributed by atoms with Gasteiger partial charge in [0.2, 0.25) is 10.0 Å². The van der Waals surface area contributed by atoms with E-state index in [0.29, 0.717) is 0 Å². The first-order valence-electron chi connectivity index (χ1n) is 6.36. The van der Waals surface area contributed by atoms with Gasteiger partial charge in [-0.3, -0.25) is 0 Å². The minimum Gasteiger partial charge on any atom is -0.329 e. The van der Waals surface area contributed by atoms with Crippen LogP contribution in [0.25, 0.3) is 0 Å². The molecule has 0 aromatic heterocycles. The Kier molecular flexibility index (Phi) is 4.35. The van der Waals surface area contributed by atoms with Gasteiger partial charge < -0.3 is 5.73 Å². The van der Waals surface area contributed by atoms with Crippen molar-refractivity contribution in [2.75, 3.05) is 6.54 Å². The van der Waals surface area contributed by atoms with Gasteiger partial charge in [0, 0.05) is 12.1 Å². The van der Waals surface area contributed by atoms with E-state index in [1.165, 1.54) is 18.2 Å². The molecule has 2 rings (SSSR count). The molecule has 1 saturated carbocycles. The first-order chi connectivity index (χ1) is 9.42. The topological polar surface area (TPSA) is 96.0 Å². The van der Waals surface area contributed by atoms with Crippen LogP contribution >= 0.6 is 11.6 Å². The van der Waals surface area contributed by atoms with E-state index in [9.17, 15) is 8.42 Å². The van der Waals surface area contributed by atoms with Gasteiger partial charge in [-0.25, -0.2) is 13.1 Å². The van der Waals surface area contributed by atoms with Crippen molar-refractivity contribution < 1.29 is 8.42 Å². The van der Waals surface area contributed by atoms with Gasteiger partial charge >= 0.3 is 0 Å². The van der Waals surface area contributed by atoms with Gasteiger partial charge in [0.1, 0.15) is 4.90 Å². The van der Waals surface area contributed by atoms with Crippen LogP contribution < -0.4 is 10.5 Å². The average molecular weight is 314 g/mol. The summed E-state index contributed by atoms with van der Waals surface area (Å²) in [6, 6.07) is 6.09. The van der Waals surface area contributed by atoms with E-state index in [1.807, 2.05) is 6.07 Å². The Bertz CT molecular complexity index is 646. The summed E-state index contributed by atoms with van der Waals surface area (Å²) in [5.74, 6) is 0. The highest BCUT2D eigenvalue weighted by Gasteiger charge is 2.37. The summed E-state index contributed by atoms with van der Waals surface area (Å²) in [7, 11) is -3.79. The molecule has 0 atom stereocenters. The third-order valence-corrected chi connectivity index (χ3v) is 5.71. The van der Waals surface area contributed by atoms with Gasteiger partial charge in [0.15, 0.2) is 0 Å². The molecule has 1 aliphatic carbocycles. The van der Waals surface area contributed by atoms with Gasteiger partial charge in [0.25, 0.3) is 0 Å². The van der Waals surface area contributed by atoms with Crippen LogP contribution in [-0.4, -0.2) is 20.5 Å². The molecule has 0 unspecified atom stereocenters. The van der Waals surface area contributed by atoms with Crippen LogP contribution in [0.5, 0.6) is 0 Å². The first kappa shape index (κ1) is 15.3. The van der Waals surface area contributed by atoms with E-state index >= 15 is 0 Å². The quantitative estimate of drug-likeness (QED) is 0.885. The van der Waals surface area contributed by atoms with E-state index in [2.05, 4.69) is 4.72 Å². The second-order valence-electron chi connectivity index (χ2n) is 5.05. The molecule has 7 heteroatoms. The molecule has 108 valence electrons. The zero-order valence-corrected chi connectivity index (χ0v) is 12.5. The summed E-state index contributed by atoms with van der Waals surface area (Å²) < 4.78 is 27.6. The van der Waals surface area contributed by atoms with Crippen LogP contribution in [0.15, 0.2) is 23.1 Å². The first-order valence-corrected chi connectivity index (χ1v) is 8.22. The van der Waals surface area contributed by atoms with Crippen molar-refractivity contribution >= 4 is 21.6 Å². The van der Waals surface area contributed by atoms with E-state index in [1.54, 1.807) is 0 Å². The zero-order chi connectivity index (χ0) is 14.8. The lowest BCUT2D eigenvalue weighted by molar-refractivity contribution is 0.399. The Morgan fingerprint density at radius 1 is 1.40 bits per heavy atom. The molecule has 0 amide bonds. The van der Waals surface area contributed by atoms with Crippen molar-refractivity contribution in [2.24, 2.45) is 5.73 Å². The second kappa shape index (κ2) is 5.70. The van der Waals surface area contributed by atoms with Crippen molar-refractivity contribution in [1.29, 1.82) is 5.26 Å². The minimum absolute atomic E-state index is 0.0714. The molecule has 5 nitrogen and oxygen atoms in total. The number of halogens is 1. The number of hydrogen-bond donors (Lipinski definition) is 2. The Morgan fingerprint density at radius 2 is 2.05 bits per heavy atom. The van der Waals surface area contributed by atoms with Crippen LogP contribution in [0.1, 0.15) is 31.2 Å². The number of hydrogen-bond acceptors (Lipinski definition) is 4. The number of sulfonamides is 1. The molecule has 1 aromatic carbocycles. The summed E-state index contributed by atoms with van der Waals surface area (Å²) in [6.45, 7) is 0.252. The fourth-order valence-electron chi connectivity index (χ4n) is 2.52. The Hall–Kier alpha value is -1.13. The van der Waals surface area contributed by atoms with Crippen molar-refractivity contribution in [3.05, 3.63) is 28.8 Å². The molecular formula is C13H16ClN3O2S. The summed E-state index contributed by atoms with van der Waals surface area (Å²) in [6.07, 6.45) is 3.34. The van der Waals surface area contributed by atoms with Crippen LogP contribution in [-0.2, 0) is 10.0 Å². The largest absolute Gasteiger partial charge is 0.329 e. The second-order valence-corrected chi connectivity index (χ2v) is 7.11.